The molecule has 0 aliphatic heterocycles. The summed E-state index contributed by atoms with van der Waals surface area (Å²) in [6.45, 7) is 1.34. The van der Waals surface area contributed by atoms with E-state index in [0.29, 0.717) is 18.6 Å². The van der Waals surface area contributed by atoms with E-state index in [1.807, 2.05) is 10.8 Å². The van der Waals surface area contributed by atoms with Crippen LogP contribution in [0.15, 0.2) is 25.0 Å². The molecule has 0 aromatic carbocycles. The molecule has 0 fully saturated rings. The predicted molar refractivity (Wildman–Crippen MR) is 63.1 cm³/mol. The van der Waals surface area contributed by atoms with E-state index in [4.69, 9.17) is 11.6 Å². The Morgan fingerprint density at radius 2 is 2.35 bits per heavy atom. The summed E-state index contributed by atoms with van der Waals surface area (Å²) < 4.78 is 1.91. The van der Waals surface area contributed by atoms with Gasteiger partial charge < -0.3 is 9.88 Å². The maximum Gasteiger partial charge on any atom is 0.156 e. The van der Waals surface area contributed by atoms with E-state index in [1.54, 1.807) is 12.5 Å². The molecule has 2 aromatic heterocycles. The van der Waals surface area contributed by atoms with Gasteiger partial charge in [0, 0.05) is 25.5 Å². The molecule has 7 heteroatoms. The van der Waals surface area contributed by atoms with Crippen molar-refractivity contribution in [3.63, 3.8) is 0 Å². The minimum Gasteiger partial charge on any atom is -0.368 e. The number of anilines is 1. The van der Waals surface area contributed by atoms with Crippen molar-refractivity contribution in [1.82, 2.24) is 19.5 Å². The maximum atomic E-state index is 10.8. The molecule has 0 amide bonds. The summed E-state index contributed by atoms with van der Waals surface area (Å²) >= 11 is 5.77. The molecule has 0 radical (unpaired) electrons. The molecule has 0 saturated carbocycles. The number of hydrogen-bond acceptors (Lipinski definition) is 5. The van der Waals surface area contributed by atoms with E-state index >= 15 is 0 Å². The van der Waals surface area contributed by atoms with Crippen LogP contribution in [0.2, 0.25) is 5.15 Å². The summed E-state index contributed by atoms with van der Waals surface area (Å²) in [5.74, 6) is 0.445. The largest absolute Gasteiger partial charge is 0.368 e. The first kappa shape index (κ1) is 11.5. The normalized spacial score (nSPS) is 10.2. The van der Waals surface area contributed by atoms with Crippen LogP contribution in [-0.2, 0) is 6.54 Å². The molecule has 0 saturated heterocycles. The number of nitrogens with zero attached hydrogens (tertiary/aromatic N) is 4. The van der Waals surface area contributed by atoms with Gasteiger partial charge in [-0.3, -0.25) is 4.79 Å². The lowest BCUT2D eigenvalue weighted by molar-refractivity contribution is 0.112. The van der Waals surface area contributed by atoms with Crippen LogP contribution in [0.5, 0.6) is 0 Å². The fourth-order valence-electron chi connectivity index (χ4n) is 1.34. The van der Waals surface area contributed by atoms with Gasteiger partial charge in [-0.25, -0.2) is 15.0 Å². The molecular weight excluding hydrogens is 242 g/mol. The third-order valence-electron chi connectivity index (χ3n) is 2.17. The molecule has 2 aromatic rings. The Labute approximate surface area is 103 Å². The van der Waals surface area contributed by atoms with Crippen LogP contribution >= 0.6 is 11.6 Å². The Hall–Kier alpha value is -1.95. The van der Waals surface area contributed by atoms with Gasteiger partial charge in [0.05, 0.1) is 11.9 Å². The highest BCUT2D eigenvalue weighted by atomic mass is 35.5. The predicted octanol–water partition coefficient (Wildman–Crippen LogP) is 1.25. The van der Waals surface area contributed by atoms with Gasteiger partial charge in [-0.05, 0) is 0 Å². The molecule has 2 heterocycles. The minimum atomic E-state index is 0.153. The van der Waals surface area contributed by atoms with Gasteiger partial charge >= 0.3 is 0 Å². The van der Waals surface area contributed by atoms with Crippen LogP contribution in [0, 0.1) is 0 Å². The van der Waals surface area contributed by atoms with Crippen molar-refractivity contribution in [1.29, 1.82) is 0 Å². The van der Waals surface area contributed by atoms with Crippen molar-refractivity contribution in [2.45, 2.75) is 6.54 Å². The Kier molecular flexibility index (Phi) is 3.66. The number of aldehydes is 1. The lowest BCUT2D eigenvalue weighted by Crippen LogP contribution is -2.12. The van der Waals surface area contributed by atoms with Crippen molar-refractivity contribution in [2.24, 2.45) is 0 Å². The fraction of sp³-hybridized carbons (Fsp3) is 0.200. The molecule has 17 heavy (non-hydrogen) atoms. The van der Waals surface area contributed by atoms with Gasteiger partial charge in [0.1, 0.15) is 17.3 Å². The van der Waals surface area contributed by atoms with Crippen LogP contribution in [0.4, 0.5) is 5.82 Å². The second-order valence-corrected chi connectivity index (χ2v) is 3.63. The summed E-state index contributed by atoms with van der Waals surface area (Å²) in [6.07, 6.45) is 7.24. The molecule has 88 valence electrons. The third kappa shape index (κ3) is 2.79. The van der Waals surface area contributed by atoms with E-state index in [9.17, 15) is 4.79 Å². The molecule has 2 rings (SSSR count). The zero-order valence-electron chi connectivity index (χ0n) is 8.88. The minimum absolute atomic E-state index is 0.153. The van der Waals surface area contributed by atoms with E-state index in [1.165, 1.54) is 6.33 Å². The number of nitrogens with one attached hydrogen (secondary N) is 1. The number of rotatable bonds is 5. The second kappa shape index (κ2) is 5.40. The summed E-state index contributed by atoms with van der Waals surface area (Å²) in [5.41, 5.74) is 0.278. The average Bonchev–Trinajstić information content (AvgIpc) is 2.82. The summed E-state index contributed by atoms with van der Waals surface area (Å²) in [5, 5.41) is 3.18. The fourth-order valence-corrected chi connectivity index (χ4v) is 1.52. The molecule has 0 aliphatic carbocycles. The zero-order valence-corrected chi connectivity index (χ0v) is 9.63. The second-order valence-electron chi connectivity index (χ2n) is 3.27. The maximum absolute atomic E-state index is 10.8. The molecule has 0 unspecified atom stereocenters. The topological polar surface area (TPSA) is 72.7 Å². The van der Waals surface area contributed by atoms with Gasteiger partial charge in [0.2, 0.25) is 0 Å². The summed E-state index contributed by atoms with van der Waals surface area (Å²) in [6, 6.07) is 0. The van der Waals surface area contributed by atoms with Crippen molar-refractivity contribution in [3.8, 4) is 0 Å². The first-order valence-electron chi connectivity index (χ1n) is 4.96. The first-order valence-corrected chi connectivity index (χ1v) is 5.34. The van der Waals surface area contributed by atoms with Crippen molar-refractivity contribution < 1.29 is 4.79 Å². The van der Waals surface area contributed by atoms with Gasteiger partial charge in [0.15, 0.2) is 6.29 Å². The van der Waals surface area contributed by atoms with Gasteiger partial charge in [-0.15, -0.1) is 0 Å². The van der Waals surface area contributed by atoms with E-state index < -0.39 is 0 Å². The van der Waals surface area contributed by atoms with E-state index in [2.05, 4.69) is 20.3 Å². The third-order valence-corrected chi connectivity index (χ3v) is 2.48. The molecule has 0 bridgehead atoms. The van der Waals surface area contributed by atoms with E-state index in [0.717, 1.165) is 6.54 Å². The van der Waals surface area contributed by atoms with Crippen LogP contribution < -0.4 is 5.32 Å². The van der Waals surface area contributed by atoms with Gasteiger partial charge in [0.25, 0.3) is 0 Å². The van der Waals surface area contributed by atoms with Crippen molar-refractivity contribution in [3.05, 3.63) is 35.8 Å². The number of carbonyl (C=O) groups is 1. The van der Waals surface area contributed by atoms with Gasteiger partial charge in [-0.2, -0.15) is 0 Å². The lowest BCUT2D eigenvalue weighted by atomic mass is 10.3. The highest BCUT2D eigenvalue weighted by molar-refractivity contribution is 6.32. The number of aromatic nitrogens is 4. The van der Waals surface area contributed by atoms with E-state index in [-0.39, 0.29) is 10.7 Å². The molecule has 6 nitrogen and oxygen atoms in total. The van der Waals surface area contributed by atoms with Crippen LogP contribution in [-0.4, -0.2) is 32.3 Å². The monoisotopic (exact) mass is 251 g/mol. The number of carbonyl (C=O) groups excluding carboxylic acids is 1. The van der Waals surface area contributed by atoms with Crippen molar-refractivity contribution >= 4 is 23.7 Å². The molecule has 0 aliphatic rings. The van der Waals surface area contributed by atoms with Gasteiger partial charge in [-0.1, -0.05) is 11.6 Å². The molecular formula is C10H10ClN5O. The Morgan fingerprint density at radius 1 is 1.47 bits per heavy atom. The Bertz CT molecular complexity index is 499. The highest BCUT2D eigenvalue weighted by Gasteiger charge is 2.07. The smallest absolute Gasteiger partial charge is 0.156 e. The number of hydrogen-bond donors (Lipinski definition) is 1. The number of imidazole rings is 1. The van der Waals surface area contributed by atoms with Crippen LogP contribution in [0.25, 0.3) is 0 Å². The summed E-state index contributed by atoms with van der Waals surface area (Å²) in [4.78, 5) is 22.5. The highest BCUT2D eigenvalue weighted by Crippen LogP contribution is 2.16. The Balaban J connectivity index is 1.99. The lowest BCUT2D eigenvalue weighted by Gasteiger charge is -2.08. The summed E-state index contributed by atoms with van der Waals surface area (Å²) in [7, 11) is 0. The standard InChI is InChI=1S/C10H10ClN5O/c11-9-8(5-17)10(15-6-14-9)13-2-4-16-3-1-12-7-16/h1,3,5-7H,2,4H2,(H,13,14,15). The van der Waals surface area contributed by atoms with Crippen molar-refractivity contribution in [2.75, 3.05) is 11.9 Å². The van der Waals surface area contributed by atoms with Crippen LogP contribution in [0.1, 0.15) is 10.4 Å². The SMILES string of the molecule is O=Cc1c(Cl)ncnc1NCCn1ccnc1. The molecule has 0 spiro atoms. The Morgan fingerprint density at radius 3 is 3.06 bits per heavy atom. The molecule has 1 N–H and O–H groups in total. The zero-order chi connectivity index (χ0) is 12.1. The quantitative estimate of drug-likeness (QED) is 0.640. The average molecular weight is 252 g/mol. The first-order chi connectivity index (χ1) is 8.31. The van der Waals surface area contributed by atoms with Crippen LogP contribution in [0.3, 0.4) is 0 Å². The number of halogens is 1. The molecule has 0 atom stereocenters.